The zero-order valence-corrected chi connectivity index (χ0v) is 55.0. The maximum Gasteiger partial charge on any atom is 0.248 e. The van der Waals surface area contributed by atoms with Crippen LogP contribution in [0.15, 0.2) is 91.0 Å². The molecule has 0 bridgehead atoms. The molecule has 1 unspecified atom stereocenters. The van der Waals surface area contributed by atoms with Gasteiger partial charge in [0.1, 0.15) is 48.3 Å². The Morgan fingerprint density at radius 1 is 0.461 bits per heavy atom. The number of likely N-dealkylation sites (tertiary alicyclic amines) is 1. The second kappa shape index (κ2) is 33.8. The molecule has 2 saturated heterocycles. The van der Waals surface area contributed by atoms with Crippen LogP contribution in [0.25, 0.3) is 0 Å². The van der Waals surface area contributed by atoms with E-state index in [0.29, 0.717) is 29.8 Å². The number of aliphatic hydroxyl groups is 1. The molecule has 2 aliphatic rings. The summed E-state index contributed by atoms with van der Waals surface area (Å²) in [5.74, 6) is -6.92. The lowest BCUT2D eigenvalue weighted by atomic mass is 9.96. The van der Waals surface area contributed by atoms with E-state index in [9.17, 15) is 24.3 Å². The molecule has 2 heterocycles. The van der Waals surface area contributed by atoms with Crippen molar-refractivity contribution >= 4 is 59.1 Å². The number of likely N-dealkylation sites (N-methyl/N-ethyl adjacent to an activating group) is 6. The summed E-state index contributed by atoms with van der Waals surface area (Å²) < 4.78 is 0. The minimum absolute atomic E-state index is 0.0286. The minimum atomic E-state index is -1.69. The normalized spacial score (nSPS) is 24.9. The number of nitrogens with zero attached hydrogens (tertiary/aromatic N) is 7. The Hall–Kier alpha value is -7.68. The third kappa shape index (κ3) is 20.2. The molecule has 488 valence electrons. The Morgan fingerprint density at radius 2 is 0.843 bits per heavy atom. The summed E-state index contributed by atoms with van der Waals surface area (Å²) in [6.45, 7) is 15.1. The Balaban J connectivity index is 1.72. The lowest BCUT2D eigenvalue weighted by Crippen LogP contribution is -2.63. The number of carbonyl (C=O) groups excluding carboxylic acids is 10. The number of rotatable bonds is 15. The fraction of sp³-hybridized carbons (Fsp3) is 0.588. The Labute approximate surface area is 527 Å². The van der Waals surface area contributed by atoms with Gasteiger partial charge < -0.3 is 55.4 Å². The SMILES string of the molecule is CC(C)C[C@@H]1NC(=O)[C@H](CC(C)C)N(C)C(=O)[C@H](C)N(C)C(=O)C[C@@H](CC(=O)N2CCCCC2)NC(=O)[C@H](CC(C)C)N(C)C(=O)[C@H](Cc2ccccc2)N(C)C(=O)[C@H](Cc2ccccc2)N(C)C(=O)[C@H](C(C)O)NC(=O)[C@H](Cc2ccccc2)N(C)C1=O. The highest BCUT2D eigenvalue weighted by molar-refractivity contribution is 5.99. The van der Waals surface area contributed by atoms with Crippen LogP contribution in [0, 0.1) is 17.8 Å². The van der Waals surface area contributed by atoms with E-state index in [0.717, 1.165) is 24.2 Å². The molecule has 2 fully saturated rings. The predicted octanol–water partition coefficient (Wildman–Crippen LogP) is 4.48. The maximum absolute atomic E-state index is 15.6. The Morgan fingerprint density at radius 3 is 1.28 bits per heavy atom. The highest BCUT2D eigenvalue weighted by Crippen LogP contribution is 2.24. The number of hydrogen-bond acceptors (Lipinski definition) is 11. The van der Waals surface area contributed by atoms with Gasteiger partial charge in [0.15, 0.2) is 0 Å². The molecule has 21 heteroatoms. The van der Waals surface area contributed by atoms with Crippen LogP contribution in [0.1, 0.15) is 123 Å². The van der Waals surface area contributed by atoms with Gasteiger partial charge in [-0.25, -0.2) is 0 Å². The Kier molecular flexibility index (Phi) is 27.3. The van der Waals surface area contributed by atoms with E-state index in [1.807, 2.05) is 47.6 Å². The zero-order chi connectivity index (χ0) is 66.0. The summed E-state index contributed by atoms with van der Waals surface area (Å²) >= 11 is 0. The number of nitrogens with one attached hydrogen (secondary N) is 3. The number of aliphatic hydroxyl groups excluding tert-OH is 1. The molecule has 10 atom stereocenters. The van der Waals surface area contributed by atoms with Gasteiger partial charge in [0.2, 0.25) is 59.1 Å². The van der Waals surface area contributed by atoms with Gasteiger partial charge in [-0.05, 0) is 86.8 Å². The summed E-state index contributed by atoms with van der Waals surface area (Å²) in [7, 11) is 8.64. The van der Waals surface area contributed by atoms with Crippen LogP contribution in [0.2, 0.25) is 0 Å². The van der Waals surface area contributed by atoms with Gasteiger partial charge >= 0.3 is 0 Å². The quantitative estimate of drug-likeness (QED) is 0.165. The van der Waals surface area contributed by atoms with Crippen molar-refractivity contribution in [1.82, 2.24) is 50.2 Å². The van der Waals surface area contributed by atoms with Crippen molar-refractivity contribution in [1.29, 1.82) is 0 Å². The molecule has 0 saturated carbocycles. The summed E-state index contributed by atoms with van der Waals surface area (Å²) in [4.78, 5) is 159. The summed E-state index contributed by atoms with van der Waals surface area (Å²) in [5, 5.41) is 20.2. The maximum atomic E-state index is 15.6. The molecule has 21 nitrogen and oxygen atoms in total. The molecule has 5 rings (SSSR count). The predicted molar refractivity (Wildman–Crippen MR) is 341 cm³/mol. The molecule has 0 spiro atoms. The second-order valence-corrected chi connectivity index (χ2v) is 25.8. The van der Waals surface area contributed by atoms with Crippen LogP contribution in [0.4, 0.5) is 0 Å². The van der Waals surface area contributed by atoms with Gasteiger partial charge in [-0.2, -0.15) is 0 Å². The lowest BCUT2D eigenvalue weighted by Gasteiger charge is -2.39. The van der Waals surface area contributed by atoms with Gasteiger partial charge in [-0.3, -0.25) is 47.9 Å². The molecule has 0 aliphatic carbocycles. The minimum Gasteiger partial charge on any atom is -0.391 e. The van der Waals surface area contributed by atoms with Crippen LogP contribution >= 0.6 is 0 Å². The first-order valence-electron chi connectivity index (χ1n) is 31.6. The summed E-state index contributed by atoms with van der Waals surface area (Å²) in [6, 6.07) is 15.3. The number of piperidine rings is 1. The van der Waals surface area contributed by atoms with Gasteiger partial charge in [0, 0.05) is 93.5 Å². The molecular formula is C68H100N10O11. The monoisotopic (exact) mass is 1230 g/mol. The first-order chi connectivity index (χ1) is 42.0. The van der Waals surface area contributed by atoms with Gasteiger partial charge in [0.25, 0.3) is 0 Å². The fourth-order valence-electron chi connectivity index (χ4n) is 11.8. The molecule has 10 amide bonds. The number of hydrogen-bond donors (Lipinski definition) is 4. The van der Waals surface area contributed by atoms with E-state index < -0.39 is 120 Å². The van der Waals surface area contributed by atoms with Crippen LogP contribution in [0.5, 0.6) is 0 Å². The number of carbonyl (C=O) groups is 10. The molecule has 2 aliphatic heterocycles. The van der Waals surface area contributed by atoms with Crippen molar-refractivity contribution in [3.05, 3.63) is 108 Å². The largest absolute Gasteiger partial charge is 0.391 e. The summed E-state index contributed by atoms with van der Waals surface area (Å²) in [5.41, 5.74) is 1.97. The smallest absolute Gasteiger partial charge is 0.248 e. The molecule has 4 N–H and O–H groups in total. The van der Waals surface area contributed by atoms with E-state index in [-0.39, 0.29) is 68.6 Å². The van der Waals surface area contributed by atoms with Crippen LogP contribution < -0.4 is 16.0 Å². The average molecular weight is 1230 g/mol. The first-order valence-corrected chi connectivity index (χ1v) is 31.6. The Bertz CT molecular complexity index is 2870. The van der Waals surface area contributed by atoms with E-state index >= 15 is 28.8 Å². The van der Waals surface area contributed by atoms with Crippen molar-refractivity contribution in [2.24, 2.45) is 17.8 Å². The van der Waals surface area contributed by atoms with Gasteiger partial charge in [-0.1, -0.05) is 133 Å². The average Bonchev–Trinajstić information content (AvgIpc) is 1.63. The van der Waals surface area contributed by atoms with Crippen molar-refractivity contribution in [2.75, 3.05) is 55.4 Å². The lowest BCUT2D eigenvalue weighted by molar-refractivity contribution is -0.153. The molecular weight excluding hydrogens is 1130 g/mol. The van der Waals surface area contributed by atoms with Crippen LogP contribution in [-0.2, 0) is 67.2 Å². The van der Waals surface area contributed by atoms with E-state index in [1.54, 1.807) is 89.8 Å². The molecule has 3 aromatic rings. The van der Waals surface area contributed by atoms with Gasteiger partial charge in [-0.15, -0.1) is 0 Å². The highest BCUT2D eigenvalue weighted by atomic mass is 16.3. The zero-order valence-electron chi connectivity index (χ0n) is 55.0. The molecule has 3 aromatic carbocycles. The second-order valence-electron chi connectivity index (χ2n) is 25.8. The first kappa shape index (κ1) is 72.1. The molecule has 0 radical (unpaired) electrons. The third-order valence-corrected chi connectivity index (χ3v) is 17.4. The highest BCUT2D eigenvalue weighted by Gasteiger charge is 2.44. The van der Waals surface area contributed by atoms with Crippen molar-refractivity contribution < 1.29 is 53.1 Å². The van der Waals surface area contributed by atoms with Crippen molar-refractivity contribution in [3.63, 3.8) is 0 Å². The summed E-state index contributed by atoms with van der Waals surface area (Å²) in [6.07, 6.45) is 0.519. The van der Waals surface area contributed by atoms with E-state index in [1.165, 1.54) is 80.6 Å². The standard InChI is InChI=1S/C68H100N10O11/c1-43(2)35-52-65(86)74(11)55(38-48-27-19-15-20-28-48)63(84)71-60(47(8)79)68(89)77(14)57(40-50-31-23-17-24-32-50)67(88)76(13)56(39-49-29-21-16-22-30-49)66(87)75(12)53(36-44(3)4)61(82)69-51(42-59(81)78-33-25-18-26-34-78)41-58(80)72(9)46(7)64(85)73(10)54(37-45(5)6)62(83)70-52/h15-17,19-24,27-32,43-47,51-57,60,79H,18,25-26,33-42H2,1-14H3,(H,69,82)(H,70,83)(H,71,84)/t46-,47?,51-,52-,53-,54-,55-,56-,57-,60-/m0/s1. The topological polar surface area (TPSA) is 250 Å². The van der Waals surface area contributed by atoms with Crippen LogP contribution in [-0.4, -0.2) is 214 Å². The van der Waals surface area contributed by atoms with Crippen molar-refractivity contribution in [2.45, 2.75) is 186 Å². The molecule has 0 aromatic heterocycles. The van der Waals surface area contributed by atoms with Gasteiger partial charge in [0.05, 0.1) is 6.10 Å². The van der Waals surface area contributed by atoms with E-state index in [2.05, 4.69) is 16.0 Å². The third-order valence-electron chi connectivity index (χ3n) is 17.4. The number of amides is 10. The molecule has 89 heavy (non-hydrogen) atoms. The van der Waals surface area contributed by atoms with E-state index in [4.69, 9.17) is 0 Å². The fourth-order valence-corrected chi connectivity index (χ4v) is 11.8. The van der Waals surface area contributed by atoms with Crippen LogP contribution in [0.3, 0.4) is 0 Å². The number of benzene rings is 3. The van der Waals surface area contributed by atoms with Crippen molar-refractivity contribution in [3.8, 4) is 0 Å².